The molecule has 4 aliphatic rings. The molecule has 4 saturated carbocycles. The Balaban J connectivity index is 1.60. The first-order chi connectivity index (χ1) is 8.83. The quantitative estimate of drug-likeness (QED) is 0.908. The van der Waals surface area contributed by atoms with E-state index in [9.17, 15) is 0 Å². The average molecular weight is 262 g/mol. The van der Waals surface area contributed by atoms with Crippen LogP contribution in [0.2, 0.25) is 0 Å². The third-order valence-corrected chi connectivity index (χ3v) is 6.42. The van der Waals surface area contributed by atoms with Crippen molar-refractivity contribution in [2.45, 2.75) is 44.4 Å². The summed E-state index contributed by atoms with van der Waals surface area (Å²) in [5.74, 6) is 4.82. The molecule has 0 unspecified atom stereocenters. The molecule has 0 atom stereocenters. The third-order valence-electron chi connectivity index (χ3n) is 5.50. The van der Waals surface area contributed by atoms with E-state index in [0.717, 1.165) is 42.6 Å². The van der Waals surface area contributed by atoms with Crippen molar-refractivity contribution < 1.29 is 0 Å². The van der Waals surface area contributed by atoms with Crippen molar-refractivity contribution in [3.63, 3.8) is 0 Å². The fourth-order valence-corrected chi connectivity index (χ4v) is 5.99. The highest BCUT2D eigenvalue weighted by Crippen LogP contribution is 2.59. The fourth-order valence-electron chi connectivity index (χ4n) is 5.12. The molecule has 1 aromatic heterocycles. The Kier molecular flexibility index (Phi) is 2.73. The minimum atomic E-state index is 0.731. The number of thiazole rings is 1. The number of aromatic nitrogens is 1. The van der Waals surface area contributed by atoms with E-state index in [1.54, 1.807) is 0 Å². The van der Waals surface area contributed by atoms with Gasteiger partial charge in [-0.3, -0.25) is 0 Å². The van der Waals surface area contributed by atoms with Crippen LogP contribution in [0.5, 0.6) is 0 Å². The Labute approximate surface area is 113 Å². The van der Waals surface area contributed by atoms with Crippen LogP contribution in [0, 0.1) is 23.7 Å². The second-order valence-electron chi connectivity index (χ2n) is 6.66. The number of hydrogen-bond acceptors (Lipinski definition) is 3. The predicted octanol–water partition coefficient (Wildman–Crippen LogP) is 3.18. The Hall–Kier alpha value is -0.410. The lowest BCUT2D eigenvalue weighted by Crippen LogP contribution is -2.43. The van der Waals surface area contributed by atoms with Gasteiger partial charge in [-0.05, 0) is 62.3 Å². The van der Waals surface area contributed by atoms with Crippen molar-refractivity contribution in [2.24, 2.45) is 29.4 Å². The van der Waals surface area contributed by atoms with Gasteiger partial charge in [0.15, 0.2) is 0 Å². The molecule has 0 aromatic carbocycles. The van der Waals surface area contributed by atoms with E-state index in [0.29, 0.717) is 0 Å². The van der Waals surface area contributed by atoms with Gasteiger partial charge in [0.2, 0.25) is 0 Å². The van der Waals surface area contributed by atoms with Crippen molar-refractivity contribution in [2.75, 3.05) is 6.54 Å². The summed E-state index contributed by atoms with van der Waals surface area (Å²) in [6, 6.07) is 0. The molecule has 4 fully saturated rings. The van der Waals surface area contributed by atoms with E-state index in [1.165, 1.54) is 42.8 Å². The zero-order chi connectivity index (χ0) is 12.1. The SMILES string of the molecule is NCCc1nc(C2C3CC4CC(C3)CC2C4)cs1. The molecule has 4 bridgehead atoms. The third kappa shape index (κ3) is 1.75. The highest BCUT2D eigenvalue weighted by Gasteiger charge is 2.49. The van der Waals surface area contributed by atoms with E-state index >= 15 is 0 Å². The van der Waals surface area contributed by atoms with Gasteiger partial charge in [-0.2, -0.15) is 0 Å². The van der Waals surface area contributed by atoms with Crippen LogP contribution in [0.15, 0.2) is 5.38 Å². The zero-order valence-electron chi connectivity index (χ0n) is 10.8. The van der Waals surface area contributed by atoms with Crippen LogP contribution >= 0.6 is 11.3 Å². The Morgan fingerprint density at radius 3 is 2.39 bits per heavy atom. The maximum atomic E-state index is 5.63. The van der Waals surface area contributed by atoms with Crippen LogP contribution in [0.25, 0.3) is 0 Å². The van der Waals surface area contributed by atoms with Gasteiger partial charge in [0, 0.05) is 17.7 Å². The van der Waals surface area contributed by atoms with E-state index in [-0.39, 0.29) is 0 Å². The molecule has 2 nitrogen and oxygen atoms in total. The van der Waals surface area contributed by atoms with E-state index in [4.69, 9.17) is 10.7 Å². The van der Waals surface area contributed by atoms with E-state index in [2.05, 4.69) is 5.38 Å². The largest absolute Gasteiger partial charge is 0.330 e. The lowest BCUT2D eigenvalue weighted by atomic mass is 9.51. The Morgan fingerprint density at radius 2 is 1.78 bits per heavy atom. The van der Waals surface area contributed by atoms with Gasteiger partial charge in [0.25, 0.3) is 0 Å². The fraction of sp³-hybridized carbons (Fsp3) is 0.800. The van der Waals surface area contributed by atoms with Gasteiger partial charge < -0.3 is 5.73 Å². The van der Waals surface area contributed by atoms with Crippen molar-refractivity contribution in [1.29, 1.82) is 0 Å². The van der Waals surface area contributed by atoms with Gasteiger partial charge in [0.05, 0.1) is 10.7 Å². The Bertz CT molecular complexity index is 411. The summed E-state index contributed by atoms with van der Waals surface area (Å²) in [6.07, 6.45) is 8.44. The topological polar surface area (TPSA) is 38.9 Å². The molecule has 98 valence electrons. The lowest BCUT2D eigenvalue weighted by molar-refractivity contribution is -0.00399. The normalized spacial score (nSPS) is 41.5. The average Bonchev–Trinajstić information content (AvgIpc) is 2.76. The van der Waals surface area contributed by atoms with Crippen molar-refractivity contribution in [1.82, 2.24) is 4.98 Å². The summed E-state index contributed by atoms with van der Waals surface area (Å²) >= 11 is 1.83. The molecule has 0 radical (unpaired) electrons. The molecule has 18 heavy (non-hydrogen) atoms. The van der Waals surface area contributed by atoms with Crippen LogP contribution in [-0.4, -0.2) is 11.5 Å². The van der Waals surface area contributed by atoms with E-state index < -0.39 is 0 Å². The first-order valence-electron chi connectivity index (χ1n) is 7.48. The summed E-state index contributed by atoms with van der Waals surface area (Å²) in [7, 11) is 0. The molecular formula is C15H22N2S. The summed E-state index contributed by atoms with van der Waals surface area (Å²) < 4.78 is 0. The highest BCUT2D eigenvalue weighted by atomic mass is 32.1. The summed E-state index contributed by atoms with van der Waals surface area (Å²) in [5, 5.41) is 3.58. The zero-order valence-corrected chi connectivity index (χ0v) is 11.7. The minimum Gasteiger partial charge on any atom is -0.330 e. The second kappa shape index (κ2) is 4.31. The van der Waals surface area contributed by atoms with Crippen LogP contribution in [0.4, 0.5) is 0 Å². The van der Waals surface area contributed by atoms with Gasteiger partial charge in [-0.15, -0.1) is 11.3 Å². The smallest absolute Gasteiger partial charge is 0.0940 e. The van der Waals surface area contributed by atoms with Gasteiger partial charge in [-0.25, -0.2) is 4.98 Å². The van der Waals surface area contributed by atoms with Gasteiger partial charge in [0.1, 0.15) is 0 Å². The summed E-state index contributed by atoms with van der Waals surface area (Å²) in [6.45, 7) is 0.731. The molecule has 1 heterocycles. The first-order valence-corrected chi connectivity index (χ1v) is 8.35. The van der Waals surface area contributed by atoms with Gasteiger partial charge in [-0.1, -0.05) is 0 Å². The minimum absolute atomic E-state index is 0.731. The standard InChI is InChI=1S/C15H22N2S/c16-2-1-14-17-13(8-18-14)15-11-4-9-3-10(6-11)7-12(15)5-9/h8-12,15H,1-7,16H2. The molecule has 0 amide bonds. The molecular weight excluding hydrogens is 240 g/mol. The number of nitrogens with two attached hydrogens (primary N) is 1. The van der Waals surface area contributed by atoms with E-state index in [1.807, 2.05) is 11.3 Å². The second-order valence-corrected chi connectivity index (χ2v) is 7.60. The van der Waals surface area contributed by atoms with Crippen LogP contribution in [-0.2, 0) is 6.42 Å². The Morgan fingerprint density at radius 1 is 1.11 bits per heavy atom. The molecule has 4 aliphatic carbocycles. The van der Waals surface area contributed by atoms with Crippen molar-refractivity contribution in [3.05, 3.63) is 16.1 Å². The number of hydrogen-bond donors (Lipinski definition) is 1. The molecule has 2 N–H and O–H groups in total. The predicted molar refractivity (Wildman–Crippen MR) is 74.7 cm³/mol. The lowest BCUT2D eigenvalue weighted by Gasteiger charge is -2.54. The molecule has 1 aromatic rings. The van der Waals surface area contributed by atoms with Crippen molar-refractivity contribution in [3.8, 4) is 0 Å². The van der Waals surface area contributed by atoms with Crippen LogP contribution in [0.3, 0.4) is 0 Å². The number of rotatable bonds is 3. The highest BCUT2D eigenvalue weighted by molar-refractivity contribution is 7.09. The summed E-state index contributed by atoms with van der Waals surface area (Å²) in [5.41, 5.74) is 7.04. The van der Waals surface area contributed by atoms with Crippen LogP contribution in [0.1, 0.15) is 48.7 Å². The molecule has 0 aliphatic heterocycles. The molecule has 5 rings (SSSR count). The monoisotopic (exact) mass is 262 g/mol. The molecule has 0 saturated heterocycles. The molecule has 0 spiro atoms. The maximum Gasteiger partial charge on any atom is 0.0940 e. The summed E-state index contributed by atoms with van der Waals surface area (Å²) in [4.78, 5) is 4.88. The van der Waals surface area contributed by atoms with Crippen LogP contribution < -0.4 is 5.73 Å². The van der Waals surface area contributed by atoms with Gasteiger partial charge >= 0.3 is 0 Å². The maximum absolute atomic E-state index is 5.63. The molecule has 3 heteroatoms. The first kappa shape index (κ1) is 11.4. The number of nitrogens with zero attached hydrogens (tertiary/aromatic N) is 1. The van der Waals surface area contributed by atoms with Crippen molar-refractivity contribution >= 4 is 11.3 Å².